The fourth-order valence-electron chi connectivity index (χ4n) is 4.71. The quantitative estimate of drug-likeness (QED) is 0.418. The number of esters is 1. The number of rotatable bonds is 9. The lowest BCUT2D eigenvalue weighted by molar-refractivity contribution is -0.133. The third-order valence-corrected chi connectivity index (χ3v) is 6.77. The zero-order valence-electron chi connectivity index (χ0n) is 21.4. The van der Waals surface area contributed by atoms with Crippen molar-refractivity contribution in [2.75, 3.05) is 39.9 Å². The Morgan fingerprint density at radius 3 is 2.28 bits per heavy atom. The van der Waals surface area contributed by atoms with Gasteiger partial charge in [-0.2, -0.15) is 0 Å². The highest BCUT2D eigenvalue weighted by molar-refractivity contribution is 5.92. The summed E-state index contributed by atoms with van der Waals surface area (Å²) >= 11 is 0. The molecule has 2 aromatic carbocycles. The van der Waals surface area contributed by atoms with Crippen LogP contribution in [0.15, 0.2) is 60.7 Å². The van der Waals surface area contributed by atoms with Crippen molar-refractivity contribution in [1.82, 2.24) is 14.4 Å². The third kappa shape index (κ3) is 5.97. The van der Waals surface area contributed by atoms with E-state index in [0.29, 0.717) is 25.1 Å². The lowest BCUT2D eigenvalue weighted by Gasteiger charge is -2.35. The first-order valence-corrected chi connectivity index (χ1v) is 12.6. The first kappa shape index (κ1) is 25.5. The second-order valence-electron chi connectivity index (χ2n) is 9.02. The molecular weight excluding hydrogens is 454 g/mol. The van der Waals surface area contributed by atoms with Crippen LogP contribution in [-0.4, -0.2) is 66.1 Å². The molecule has 36 heavy (non-hydrogen) atoms. The molecule has 1 aliphatic heterocycles. The Kier molecular flexibility index (Phi) is 8.44. The van der Waals surface area contributed by atoms with E-state index in [0.717, 1.165) is 55.4 Å². The Morgan fingerprint density at radius 2 is 1.64 bits per heavy atom. The summed E-state index contributed by atoms with van der Waals surface area (Å²) in [6.07, 6.45) is 0.375. The molecule has 1 aromatic heterocycles. The van der Waals surface area contributed by atoms with Gasteiger partial charge < -0.3 is 18.9 Å². The fraction of sp³-hybridized carbons (Fsp3) is 0.379. The van der Waals surface area contributed by atoms with Crippen molar-refractivity contribution in [3.05, 3.63) is 77.5 Å². The number of carbonyl (C=O) groups is 2. The summed E-state index contributed by atoms with van der Waals surface area (Å²) < 4.78 is 12.6. The van der Waals surface area contributed by atoms with E-state index >= 15 is 0 Å². The number of ether oxygens (including phenoxy) is 2. The van der Waals surface area contributed by atoms with Crippen LogP contribution < -0.4 is 4.74 Å². The van der Waals surface area contributed by atoms with Crippen LogP contribution in [0.1, 0.15) is 35.0 Å². The minimum Gasteiger partial charge on any atom is -0.497 e. The maximum atomic E-state index is 13.1. The monoisotopic (exact) mass is 489 g/mol. The van der Waals surface area contributed by atoms with Crippen LogP contribution in [0.25, 0.3) is 11.3 Å². The van der Waals surface area contributed by atoms with Crippen molar-refractivity contribution in [3.63, 3.8) is 0 Å². The molecule has 0 N–H and O–H groups in total. The average Bonchev–Trinajstić information content (AvgIpc) is 3.24. The lowest BCUT2D eigenvalue weighted by atomic mass is 10.1. The van der Waals surface area contributed by atoms with Gasteiger partial charge in [-0.25, -0.2) is 4.79 Å². The van der Waals surface area contributed by atoms with Crippen LogP contribution >= 0.6 is 0 Å². The van der Waals surface area contributed by atoms with E-state index in [4.69, 9.17) is 9.47 Å². The number of hydrogen-bond acceptors (Lipinski definition) is 5. The molecule has 0 aliphatic carbocycles. The molecule has 0 radical (unpaired) electrons. The van der Waals surface area contributed by atoms with Crippen LogP contribution in [-0.2, 0) is 22.6 Å². The van der Waals surface area contributed by atoms with Gasteiger partial charge >= 0.3 is 5.97 Å². The molecule has 1 fully saturated rings. The topological polar surface area (TPSA) is 64.0 Å². The predicted molar refractivity (Wildman–Crippen MR) is 140 cm³/mol. The molecule has 3 aromatic rings. The third-order valence-electron chi connectivity index (χ3n) is 6.77. The summed E-state index contributed by atoms with van der Waals surface area (Å²) in [5.74, 6) is 0.561. The molecule has 190 valence electrons. The molecule has 2 heterocycles. The molecule has 1 amide bonds. The molecule has 4 rings (SSSR count). The number of methoxy groups -OCH3 is 1. The van der Waals surface area contributed by atoms with Gasteiger partial charge in [0.1, 0.15) is 5.75 Å². The number of piperazine rings is 1. The summed E-state index contributed by atoms with van der Waals surface area (Å²) in [6.45, 7) is 8.63. The van der Waals surface area contributed by atoms with Crippen LogP contribution in [0.4, 0.5) is 0 Å². The van der Waals surface area contributed by atoms with Crippen LogP contribution in [0, 0.1) is 6.92 Å². The van der Waals surface area contributed by atoms with Crippen LogP contribution in [0.5, 0.6) is 5.75 Å². The van der Waals surface area contributed by atoms with Crippen molar-refractivity contribution in [1.29, 1.82) is 0 Å². The number of amides is 1. The number of benzene rings is 2. The normalized spacial score (nSPS) is 14.0. The van der Waals surface area contributed by atoms with Gasteiger partial charge in [-0.3, -0.25) is 9.69 Å². The molecule has 1 saturated heterocycles. The molecule has 0 unspecified atom stereocenters. The van der Waals surface area contributed by atoms with Gasteiger partial charge in [-0.15, -0.1) is 0 Å². The van der Waals surface area contributed by atoms with Crippen molar-refractivity contribution < 1.29 is 19.1 Å². The largest absolute Gasteiger partial charge is 0.497 e. The number of nitrogens with zero attached hydrogens (tertiary/aromatic N) is 3. The first-order valence-electron chi connectivity index (χ1n) is 12.6. The second kappa shape index (κ2) is 11.9. The highest BCUT2D eigenvalue weighted by Gasteiger charge is 2.23. The van der Waals surface area contributed by atoms with Gasteiger partial charge in [0.15, 0.2) is 0 Å². The lowest BCUT2D eigenvalue weighted by Crippen LogP contribution is -2.48. The van der Waals surface area contributed by atoms with E-state index in [1.165, 1.54) is 5.56 Å². The van der Waals surface area contributed by atoms with E-state index in [2.05, 4.69) is 33.7 Å². The average molecular weight is 490 g/mol. The fourth-order valence-corrected chi connectivity index (χ4v) is 4.71. The van der Waals surface area contributed by atoms with Crippen LogP contribution in [0.3, 0.4) is 0 Å². The summed E-state index contributed by atoms with van der Waals surface area (Å²) in [5.41, 5.74) is 4.48. The molecule has 7 nitrogen and oxygen atoms in total. The van der Waals surface area contributed by atoms with Crippen molar-refractivity contribution in [3.8, 4) is 17.0 Å². The summed E-state index contributed by atoms with van der Waals surface area (Å²) in [4.78, 5) is 30.0. The number of hydrogen-bond donors (Lipinski definition) is 0. The molecular formula is C29H35N3O4. The molecule has 1 aliphatic rings. The van der Waals surface area contributed by atoms with E-state index in [1.807, 2.05) is 48.2 Å². The Morgan fingerprint density at radius 1 is 0.944 bits per heavy atom. The molecule has 0 spiro atoms. The Hall–Kier alpha value is -3.58. The molecule has 7 heteroatoms. The Balaban J connectivity index is 1.43. The van der Waals surface area contributed by atoms with Gasteiger partial charge in [-0.1, -0.05) is 30.3 Å². The maximum absolute atomic E-state index is 13.1. The second-order valence-corrected chi connectivity index (χ2v) is 9.02. The summed E-state index contributed by atoms with van der Waals surface area (Å²) in [6, 6.07) is 20.0. The molecule has 0 bridgehead atoms. The highest BCUT2D eigenvalue weighted by atomic mass is 16.5. The summed E-state index contributed by atoms with van der Waals surface area (Å²) in [5, 5.41) is 0. The number of carbonyl (C=O) groups excluding carboxylic acids is 2. The van der Waals surface area contributed by atoms with Gasteiger partial charge in [0.25, 0.3) is 0 Å². The van der Waals surface area contributed by atoms with Crippen molar-refractivity contribution >= 4 is 11.9 Å². The maximum Gasteiger partial charge on any atom is 0.339 e. The van der Waals surface area contributed by atoms with E-state index in [-0.39, 0.29) is 11.9 Å². The SMILES string of the molecule is CCOC(=O)c1cc(-c2ccc(OC)cc2)n(CCC(=O)N2CCN(Cc3ccccc3)CC2)c1C. The first-order chi connectivity index (χ1) is 17.5. The molecule has 0 saturated carbocycles. The van der Waals surface area contributed by atoms with Crippen molar-refractivity contribution in [2.45, 2.75) is 33.4 Å². The summed E-state index contributed by atoms with van der Waals surface area (Å²) in [7, 11) is 1.63. The number of aromatic nitrogens is 1. The zero-order chi connectivity index (χ0) is 25.5. The smallest absolute Gasteiger partial charge is 0.339 e. The van der Waals surface area contributed by atoms with E-state index < -0.39 is 0 Å². The Bertz CT molecular complexity index is 1160. The van der Waals surface area contributed by atoms with Crippen LogP contribution in [0.2, 0.25) is 0 Å². The van der Waals surface area contributed by atoms with E-state index in [9.17, 15) is 9.59 Å². The van der Waals surface area contributed by atoms with Gasteiger partial charge in [0, 0.05) is 57.1 Å². The van der Waals surface area contributed by atoms with E-state index in [1.54, 1.807) is 14.0 Å². The minimum absolute atomic E-state index is 0.140. The predicted octanol–water partition coefficient (Wildman–Crippen LogP) is 4.38. The zero-order valence-corrected chi connectivity index (χ0v) is 21.4. The highest BCUT2D eigenvalue weighted by Crippen LogP contribution is 2.28. The van der Waals surface area contributed by atoms with Gasteiger partial charge in [-0.05, 0) is 55.3 Å². The van der Waals surface area contributed by atoms with Gasteiger partial charge in [0.2, 0.25) is 5.91 Å². The Labute approximate surface area is 213 Å². The van der Waals surface area contributed by atoms with Gasteiger partial charge in [0.05, 0.1) is 19.3 Å². The van der Waals surface area contributed by atoms with Crippen molar-refractivity contribution in [2.24, 2.45) is 0 Å². The standard InChI is InChI=1S/C29H35N3O4/c1-4-36-29(34)26-20-27(24-10-12-25(35-3)13-11-24)32(22(26)2)15-14-28(33)31-18-16-30(17-19-31)21-23-8-6-5-7-9-23/h5-13,20H,4,14-19,21H2,1-3H3. The molecule has 0 atom stereocenters. The minimum atomic E-state index is -0.343.